The third-order valence-electron chi connectivity index (χ3n) is 8.66. The molecule has 236 valence electrons. The predicted octanol–water partition coefficient (Wildman–Crippen LogP) is 7.89. The summed E-state index contributed by atoms with van der Waals surface area (Å²) >= 11 is 17.0. The van der Waals surface area contributed by atoms with E-state index in [9.17, 15) is 9.90 Å². The molecule has 2 saturated heterocycles. The fraction of sp³-hybridized carbons (Fsp3) is 0.457. The van der Waals surface area contributed by atoms with Gasteiger partial charge in [0.1, 0.15) is 0 Å². The van der Waals surface area contributed by atoms with Gasteiger partial charge in [0.15, 0.2) is 6.29 Å². The van der Waals surface area contributed by atoms with Gasteiger partial charge in [-0.25, -0.2) is 0 Å². The molecule has 0 radical (unpaired) electrons. The van der Waals surface area contributed by atoms with Gasteiger partial charge in [-0.3, -0.25) is 4.79 Å². The van der Waals surface area contributed by atoms with Crippen LogP contribution in [-0.2, 0) is 27.4 Å². The Labute approximate surface area is 275 Å². The van der Waals surface area contributed by atoms with E-state index in [1.807, 2.05) is 36.4 Å². The minimum Gasteiger partial charge on any atom is -0.392 e. The summed E-state index contributed by atoms with van der Waals surface area (Å²) in [6, 6.07) is 24.2. The highest BCUT2D eigenvalue weighted by atomic mass is 35.6. The van der Waals surface area contributed by atoms with E-state index in [4.69, 9.17) is 44.3 Å². The number of halogens is 3. The van der Waals surface area contributed by atoms with Crippen LogP contribution in [0.2, 0.25) is 0 Å². The zero-order valence-corrected chi connectivity index (χ0v) is 27.3. The average molecular weight is 660 g/mol. The molecule has 44 heavy (non-hydrogen) atoms. The summed E-state index contributed by atoms with van der Waals surface area (Å²) in [6.45, 7) is 5.59. The van der Waals surface area contributed by atoms with Crippen molar-refractivity contribution in [3.05, 3.63) is 95.1 Å². The summed E-state index contributed by atoms with van der Waals surface area (Å²) in [5.41, 5.74) is 5.87. The molecule has 3 aromatic carbocycles. The van der Waals surface area contributed by atoms with Crippen molar-refractivity contribution < 1.29 is 19.4 Å². The van der Waals surface area contributed by atoms with E-state index < -0.39 is 16.0 Å². The van der Waals surface area contributed by atoms with Crippen LogP contribution in [0.25, 0.3) is 11.1 Å². The Morgan fingerprint density at radius 3 is 2.18 bits per heavy atom. The molecule has 9 heteroatoms. The van der Waals surface area contributed by atoms with Crippen LogP contribution < -0.4 is 5.32 Å². The van der Waals surface area contributed by atoms with Crippen molar-refractivity contribution in [3.8, 4) is 11.1 Å². The molecule has 2 N–H and O–H groups in total. The molecule has 2 aliphatic rings. The maximum absolute atomic E-state index is 12.0. The van der Waals surface area contributed by atoms with Gasteiger partial charge >= 0.3 is 0 Å². The normalized spacial score (nSPS) is 23.5. The van der Waals surface area contributed by atoms with Gasteiger partial charge in [-0.1, -0.05) is 128 Å². The first-order chi connectivity index (χ1) is 21.2. The van der Waals surface area contributed by atoms with Gasteiger partial charge in [-0.15, -0.1) is 0 Å². The number of amides is 1. The van der Waals surface area contributed by atoms with Crippen molar-refractivity contribution >= 4 is 40.7 Å². The fourth-order valence-electron chi connectivity index (χ4n) is 6.05. The molecule has 5 rings (SSSR count). The number of benzene rings is 3. The molecule has 0 spiro atoms. The topological polar surface area (TPSA) is 71.0 Å². The SMILES string of the molecule is C[C@H]1[C@@H](CN2CCCCCCC2)O[C@@H](c2ccc(-c3cccc(CNC(=O)C(Cl)(Cl)Cl)c3)cc2)O[C@H]1c1ccc(CO)cc1. The third-order valence-corrected chi connectivity index (χ3v) is 9.18. The number of likely N-dealkylation sites (tertiary alicyclic amines) is 1. The van der Waals surface area contributed by atoms with Crippen molar-refractivity contribution in [2.45, 2.75) is 74.5 Å². The van der Waals surface area contributed by atoms with E-state index in [0.717, 1.165) is 53.0 Å². The number of aliphatic hydroxyl groups is 1. The summed E-state index contributed by atoms with van der Waals surface area (Å²) in [7, 11) is 0. The van der Waals surface area contributed by atoms with Crippen LogP contribution in [0.5, 0.6) is 0 Å². The zero-order valence-electron chi connectivity index (χ0n) is 25.1. The predicted molar refractivity (Wildman–Crippen MR) is 177 cm³/mol. The Morgan fingerprint density at radius 2 is 1.52 bits per heavy atom. The van der Waals surface area contributed by atoms with Crippen LogP contribution in [0, 0.1) is 5.92 Å². The monoisotopic (exact) mass is 658 g/mol. The van der Waals surface area contributed by atoms with Crippen LogP contribution in [-0.4, -0.2) is 45.4 Å². The summed E-state index contributed by atoms with van der Waals surface area (Å²) in [6.07, 6.45) is 5.75. The fourth-order valence-corrected chi connectivity index (χ4v) is 6.25. The van der Waals surface area contributed by atoms with E-state index in [2.05, 4.69) is 53.5 Å². The molecular formula is C35H41Cl3N2O4. The number of carbonyl (C=O) groups is 1. The van der Waals surface area contributed by atoms with Gasteiger partial charge in [0.05, 0.1) is 18.8 Å². The molecule has 3 aromatic rings. The zero-order chi connectivity index (χ0) is 31.1. The number of alkyl halides is 3. The van der Waals surface area contributed by atoms with Crippen molar-refractivity contribution in [1.82, 2.24) is 10.2 Å². The lowest BCUT2D eigenvalue weighted by molar-refractivity contribution is -0.276. The number of aliphatic hydroxyl groups excluding tert-OH is 1. The van der Waals surface area contributed by atoms with Crippen LogP contribution in [0.1, 0.15) is 73.7 Å². The van der Waals surface area contributed by atoms with E-state index >= 15 is 0 Å². The minimum absolute atomic E-state index is 0.00922. The Kier molecular flexibility index (Phi) is 11.6. The molecule has 0 unspecified atom stereocenters. The van der Waals surface area contributed by atoms with E-state index in [0.29, 0.717) is 0 Å². The van der Waals surface area contributed by atoms with Crippen molar-refractivity contribution in [1.29, 1.82) is 0 Å². The molecule has 1 amide bonds. The first-order valence-corrected chi connectivity index (χ1v) is 16.6. The number of nitrogens with zero attached hydrogens (tertiary/aromatic N) is 1. The molecule has 2 heterocycles. The lowest BCUT2D eigenvalue weighted by atomic mass is 9.89. The van der Waals surface area contributed by atoms with Crippen LogP contribution in [0.3, 0.4) is 0 Å². The average Bonchev–Trinajstić information content (AvgIpc) is 3.02. The van der Waals surface area contributed by atoms with Crippen LogP contribution in [0.15, 0.2) is 72.8 Å². The summed E-state index contributed by atoms with van der Waals surface area (Å²) in [4.78, 5) is 14.5. The maximum atomic E-state index is 12.0. The highest BCUT2D eigenvalue weighted by Crippen LogP contribution is 2.42. The van der Waals surface area contributed by atoms with E-state index in [-0.39, 0.29) is 31.3 Å². The molecule has 0 bridgehead atoms. The molecule has 0 aliphatic carbocycles. The second-order valence-electron chi connectivity index (χ2n) is 11.9. The second kappa shape index (κ2) is 15.4. The van der Waals surface area contributed by atoms with E-state index in [1.54, 1.807) is 0 Å². The standard InChI is InChI=1S/C35H41Cl3N2O4/c1-24-31(22-40-18-5-3-2-4-6-19-40)43-33(44-32(24)28-12-10-25(23-41)11-13-28)29-16-14-27(15-17-29)30-9-7-8-26(20-30)21-39-34(42)35(36,37)38/h7-17,20,24,31-33,41H,2-6,18-19,21-23H2,1H3,(H,39,42)/t24-,31+,32+,33+/m0/s1. The highest BCUT2D eigenvalue weighted by Gasteiger charge is 2.39. The summed E-state index contributed by atoms with van der Waals surface area (Å²) in [5.74, 6) is -0.507. The van der Waals surface area contributed by atoms with Gasteiger partial charge in [-0.05, 0) is 59.8 Å². The van der Waals surface area contributed by atoms with Gasteiger partial charge < -0.3 is 24.8 Å². The molecule has 0 saturated carbocycles. The van der Waals surface area contributed by atoms with Crippen LogP contribution in [0.4, 0.5) is 0 Å². The largest absolute Gasteiger partial charge is 0.392 e. The second-order valence-corrected chi connectivity index (χ2v) is 14.2. The lowest BCUT2D eigenvalue weighted by Crippen LogP contribution is -2.45. The molecule has 2 aliphatic heterocycles. The number of hydrogen-bond acceptors (Lipinski definition) is 5. The Hall–Kier alpha value is -2.16. The Balaban J connectivity index is 1.34. The van der Waals surface area contributed by atoms with E-state index in [1.165, 1.54) is 32.1 Å². The quantitative estimate of drug-likeness (QED) is 0.241. The first-order valence-electron chi connectivity index (χ1n) is 15.5. The van der Waals surface area contributed by atoms with Gasteiger partial charge in [0.25, 0.3) is 9.70 Å². The van der Waals surface area contributed by atoms with Crippen molar-refractivity contribution in [3.63, 3.8) is 0 Å². The number of rotatable bonds is 8. The smallest absolute Gasteiger partial charge is 0.272 e. The maximum Gasteiger partial charge on any atom is 0.272 e. The molecular weight excluding hydrogens is 619 g/mol. The van der Waals surface area contributed by atoms with Crippen molar-refractivity contribution in [2.75, 3.05) is 19.6 Å². The summed E-state index contributed by atoms with van der Waals surface area (Å²) in [5, 5.41) is 12.2. The lowest BCUT2D eigenvalue weighted by Gasteiger charge is -2.43. The molecule has 2 fully saturated rings. The third kappa shape index (κ3) is 8.76. The van der Waals surface area contributed by atoms with Gasteiger partial charge in [0, 0.05) is 24.6 Å². The summed E-state index contributed by atoms with van der Waals surface area (Å²) < 4.78 is 11.4. The number of hydrogen-bond donors (Lipinski definition) is 2. The van der Waals surface area contributed by atoms with Crippen molar-refractivity contribution in [2.24, 2.45) is 5.92 Å². The minimum atomic E-state index is -2.00. The number of nitrogens with one attached hydrogen (secondary N) is 1. The molecule has 6 nitrogen and oxygen atoms in total. The first kappa shape index (κ1) is 33.2. The van der Waals surface area contributed by atoms with Gasteiger partial charge in [-0.2, -0.15) is 0 Å². The highest BCUT2D eigenvalue weighted by molar-refractivity contribution is 6.76. The number of ether oxygens (including phenoxy) is 2. The Morgan fingerprint density at radius 1 is 0.864 bits per heavy atom. The van der Waals surface area contributed by atoms with Crippen LogP contribution >= 0.6 is 34.8 Å². The molecule has 0 aromatic heterocycles. The molecule has 4 atom stereocenters. The van der Waals surface area contributed by atoms with Gasteiger partial charge in [0.2, 0.25) is 0 Å². The Bertz CT molecular complexity index is 1360. The number of carbonyl (C=O) groups excluding carboxylic acids is 1.